The zero-order chi connectivity index (χ0) is 7.40. The van der Waals surface area contributed by atoms with Crippen LogP contribution in [0.15, 0.2) is 20.6 Å². The number of hydrogen-bond donors (Lipinski definition) is 0. The molecule has 0 saturated heterocycles. The maximum Gasteiger partial charge on any atom is 0.0945 e. The van der Waals surface area contributed by atoms with Crippen molar-refractivity contribution in [2.75, 3.05) is 0 Å². The highest BCUT2D eigenvalue weighted by Crippen LogP contribution is 2.39. The van der Waals surface area contributed by atoms with Crippen LogP contribution in [-0.4, -0.2) is 0 Å². The molecule has 0 N–H and O–H groups in total. The number of rotatable bonds is 0. The van der Waals surface area contributed by atoms with Gasteiger partial charge >= 0.3 is 0 Å². The van der Waals surface area contributed by atoms with Gasteiger partial charge in [-0.1, -0.05) is 35.4 Å². The minimum Gasteiger partial charge on any atom is -0.114 e. The van der Waals surface area contributed by atoms with Crippen molar-refractivity contribution in [3.63, 3.8) is 0 Å². The molecule has 1 aliphatic heterocycles. The first-order valence-corrected chi connectivity index (χ1v) is 4.30. The molecule has 1 heterocycles. The largest absolute Gasteiger partial charge is 0.114 e. The Kier molecular flexibility index (Phi) is 2.57. The molecule has 0 atom stereocenters. The molecule has 0 unspecified atom stereocenters. The van der Waals surface area contributed by atoms with E-state index in [1.165, 1.54) is 0 Å². The first-order valence-electron chi connectivity index (χ1n) is 2.54. The highest BCUT2D eigenvalue weighted by atomic mass is 32.2. The third-order valence-corrected chi connectivity index (χ3v) is 3.03. The van der Waals surface area contributed by atoms with E-state index in [0.717, 1.165) is 4.24 Å². The van der Waals surface area contributed by atoms with Gasteiger partial charge in [-0.05, 0) is 10.8 Å². The van der Waals surface area contributed by atoms with Crippen molar-refractivity contribution < 1.29 is 0 Å². The van der Waals surface area contributed by atoms with Crippen molar-refractivity contribution in [2.45, 2.75) is 0 Å². The quantitative estimate of drug-likeness (QED) is 0.504. The third kappa shape index (κ3) is 1.42. The van der Waals surface area contributed by atoms with Crippen molar-refractivity contribution in [3.8, 4) is 24.7 Å². The van der Waals surface area contributed by atoms with Crippen LogP contribution >= 0.6 is 23.5 Å². The average molecular weight is 164 g/mol. The summed E-state index contributed by atoms with van der Waals surface area (Å²) in [6, 6.07) is 0. The molecule has 0 radical (unpaired) electrons. The molecule has 0 spiro atoms. The van der Waals surface area contributed by atoms with E-state index in [-0.39, 0.29) is 0 Å². The fourth-order valence-electron chi connectivity index (χ4n) is 0.484. The third-order valence-electron chi connectivity index (χ3n) is 0.899. The van der Waals surface area contributed by atoms with E-state index >= 15 is 0 Å². The summed E-state index contributed by atoms with van der Waals surface area (Å²) in [4.78, 5) is 0. The molecular weight excluding hydrogens is 160 g/mol. The Balaban J connectivity index is 2.88. The lowest BCUT2D eigenvalue weighted by molar-refractivity contribution is 1.95. The van der Waals surface area contributed by atoms with Crippen LogP contribution in [0.1, 0.15) is 0 Å². The van der Waals surface area contributed by atoms with E-state index < -0.39 is 0 Å². The summed E-state index contributed by atoms with van der Waals surface area (Å²) in [7, 11) is 0. The lowest BCUT2D eigenvalue weighted by Crippen LogP contribution is -1.72. The van der Waals surface area contributed by atoms with Gasteiger partial charge in [0, 0.05) is 0 Å². The van der Waals surface area contributed by atoms with E-state index in [1.54, 1.807) is 23.5 Å². The van der Waals surface area contributed by atoms with Crippen molar-refractivity contribution in [3.05, 3.63) is 20.6 Å². The fraction of sp³-hybridized carbons (Fsp3) is 0. The molecule has 0 aromatic heterocycles. The number of allylic oxidation sites excluding steroid dienone is 1. The monoisotopic (exact) mass is 164 g/mol. The van der Waals surface area contributed by atoms with Crippen molar-refractivity contribution in [1.29, 1.82) is 0 Å². The zero-order valence-corrected chi connectivity index (χ0v) is 6.76. The topological polar surface area (TPSA) is 0 Å². The summed E-state index contributed by atoms with van der Waals surface area (Å²) in [6.07, 6.45) is 10.3. The lowest BCUT2D eigenvalue weighted by Gasteiger charge is -1.92. The smallest absolute Gasteiger partial charge is 0.0945 e. The summed E-state index contributed by atoms with van der Waals surface area (Å²) < 4.78 is 1.03. The van der Waals surface area contributed by atoms with Gasteiger partial charge in [0.05, 0.1) is 9.81 Å². The van der Waals surface area contributed by atoms with Gasteiger partial charge in [-0.3, -0.25) is 0 Å². The molecule has 0 aromatic carbocycles. The summed E-state index contributed by atoms with van der Waals surface area (Å²) in [6.45, 7) is 0. The molecule has 10 heavy (non-hydrogen) atoms. The van der Waals surface area contributed by atoms with Crippen LogP contribution in [0.25, 0.3) is 0 Å². The molecule has 48 valence electrons. The van der Waals surface area contributed by atoms with Gasteiger partial charge in [0.1, 0.15) is 0 Å². The molecule has 0 saturated carbocycles. The van der Waals surface area contributed by atoms with Gasteiger partial charge in [-0.2, -0.15) is 0 Å². The average Bonchev–Trinajstić information content (AvgIpc) is 2.43. The minimum atomic E-state index is 0.653. The highest BCUT2D eigenvalue weighted by molar-refractivity contribution is 8.27. The number of hydrogen-bond acceptors (Lipinski definition) is 2. The maximum absolute atomic E-state index is 5.16. The van der Waals surface area contributed by atoms with Gasteiger partial charge in [-0.25, -0.2) is 0 Å². The molecule has 1 aliphatic rings. The van der Waals surface area contributed by atoms with Crippen molar-refractivity contribution in [1.82, 2.24) is 0 Å². The van der Waals surface area contributed by atoms with E-state index in [1.807, 2.05) is 10.8 Å². The van der Waals surface area contributed by atoms with Crippen LogP contribution in [-0.2, 0) is 0 Å². The van der Waals surface area contributed by atoms with E-state index in [2.05, 4.69) is 11.8 Å². The van der Waals surface area contributed by atoms with E-state index in [0.29, 0.717) is 5.57 Å². The molecule has 2 heteroatoms. The van der Waals surface area contributed by atoms with E-state index in [4.69, 9.17) is 12.8 Å². The lowest BCUT2D eigenvalue weighted by atomic mass is 10.3. The zero-order valence-electron chi connectivity index (χ0n) is 5.13. The van der Waals surface area contributed by atoms with Crippen LogP contribution in [0, 0.1) is 24.7 Å². The van der Waals surface area contributed by atoms with Gasteiger partial charge in [0.25, 0.3) is 0 Å². The predicted molar refractivity (Wildman–Crippen MR) is 49.0 cm³/mol. The molecule has 0 fully saturated rings. The van der Waals surface area contributed by atoms with Crippen molar-refractivity contribution >= 4 is 23.5 Å². The van der Waals surface area contributed by atoms with Crippen LogP contribution in [0.4, 0.5) is 0 Å². The summed E-state index contributed by atoms with van der Waals surface area (Å²) >= 11 is 3.15. The SMILES string of the molecule is C#CC(C#C)=C1SC=CS1. The van der Waals surface area contributed by atoms with Crippen LogP contribution in [0.5, 0.6) is 0 Å². The molecule has 0 nitrogen and oxygen atoms in total. The fourth-order valence-corrected chi connectivity index (χ4v) is 2.20. The van der Waals surface area contributed by atoms with Crippen LogP contribution < -0.4 is 0 Å². The standard InChI is InChI=1S/C8H4S2/c1-3-7(4-2)8-9-5-6-10-8/h1-2,5-6H. The van der Waals surface area contributed by atoms with Crippen LogP contribution in [0.3, 0.4) is 0 Å². The first kappa shape index (κ1) is 7.41. The summed E-state index contributed by atoms with van der Waals surface area (Å²) in [5.74, 6) is 4.91. The Morgan fingerprint density at radius 2 is 1.70 bits per heavy atom. The predicted octanol–water partition coefficient (Wildman–Crippen LogP) is 2.42. The van der Waals surface area contributed by atoms with Gasteiger partial charge < -0.3 is 0 Å². The van der Waals surface area contributed by atoms with Gasteiger partial charge in [-0.15, -0.1) is 12.8 Å². The molecule has 0 amide bonds. The Morgan fingerprint density at radius 1 is 1.20 bits per heavy atom. The molecule has 0 aromatic rings. The minimum absolute atomic E-state index is 0.653. The summed E-state index contributed by atoms with van der Waals surface area (Å²) in [5, 5.41) is 3.93. The maximum atomic E-state index is 5.16. The summed E-state index contributed by atoms with van der Waals surface area (Å²) in [5.41, 5.74) is 0.653. The Bertz CT molecular complexity index is 245. The Labute approximate surface area is 69.2 Å². The number of terminal acetylenes is 2. The normalized spacial score (nSPS) is 14.4. The first-order chi connectivity index (χ1) is 4.88. The highest BCUT2D eigenvalue weighted by Gasteiger charge is 2.05. The number of thioether (sulfide) groups is 2. The molecule has 0 bridgehead atoms. The molecule has 1 rings (SSSR count). The second-order valence-corrected chi connectivity index (χ2v) is 3.55. The van der Waals surface area contributed by atoms with Gasteiger partial charge in [0.2, 0.25) is 0 Å². The molecular formula is C8H4S2. The Morgan fingerprint density at radius 3 is 2.10 bits per heavy atom. The van der Waals surface area contributed by atoms with Crippen LogP contribution in [0.2, 0.25) is 0 Å². The van der Waals surface area contributed by atoms with Crippen molar-refractivity contribution in [2.24, 2.45) is 0 Å². The second kappa shape index (κ2) is 3.46. The second-order valence-electron chi connectivity index (χ2n) is 1.46. The Hall–Kier alpha value is -0.700. The molecule has 0 aliphatic carbocycles. The van der Waals surface area contributed by atoms with E-state index in [9.17, 15) is 0 Å². The van der Waals surface area contributed by atoms with Gasteiger partial charge in [0.15, 0.2) is 0 Å².